The van der Waals surface area contributed by atoms with E-state index in [0.717, 1.165) is 19.3 Å². The summed E-state index contributed by atoms with van der Waals surface area (Å²) in [6, 6.07) is 0. The van der Waals surface area contributed by atoms with Crippen LogP contribution in [0.15, 0.2) is 0 Å². The third-order valence-corrected chi connectivity index (χ3v) is 3.44. The number of carbonyl (C=O) groups excluding carboxylic acids is 1. The number of ether oxygens (including phenoxy) is 1. The van der Waals surface area contributed by atoms with Crippen molar-refractivity contribution in [3.63, 3.8) is 0 Å². The Labute approximate surface area is 112 Å². The minimum atomic E-state index is -0.935. The number of hydrogen-bond acceptors (Lipinski definition) is 3. The molecule has 3 nitrogen and oxygen atoms in total. The molecule has 0 bridgehead atoms. The van der Waals surface area contributed by atoms with Crippen LogP contribution in [0.5, 0.6) is 0 Å². The van der Waals surface area contributed by atoms with Crippen molar-refractivity contribution in [3.8, 4) is 0 Å². The molecule has 0 aliphatic rings. The molecule has 0 heterocycles. The zero-order valence-electron chi connectivity index (χ0n) is 12.5. The van der Waals surface area contributed by atoms with Crippen LogP contribution in [0, 0.1) is 5.92 Å². The molecule has 3 heteroatoms. The molecule has 0 fully saturated rings. The highest BCUT2D eigenvalue weighted by atomic mass is 16.5. The standard InChI is InChI=1S/C15H30O3/c1-5-8-9-10-12-15(4,17)13(11-6-2)14(16)18-7-3/h13,17H,5-12H2,1-4H3. The molecule has 0 amide bonds. The molecule has 108 valence electrons. The number of rotatable bonds is 10. The van der Waals surface area contributed by atoms with Crippen molar-refractivity contribution in [3.05, 3.63) is 0 Å². The van der Waals surface area contributed by atoms with Crippen LogP contribution in [0.25, 0.3) is 0 Å². The Morgan fingerprint density at radius 3 is 2.33 bits per heavy atom. The predicted molar refractivity (Wildman–Crippen MR) is 74.4 cm³/mol. The smallest absolute Gasteiger partial charge is 0.311 e. The third kappa shape index (κ3) is 6.39. The van der Waals surface area contributed by atoms with Crippen LogP contribution in [0.4, 0.5) is 0 Å². The van der Waals surface area contributed by atoms with Gasteiger partial charge >= 0.3 is 5.97 Å². The van der Waals surface area contributed by atoms with Gasteiger partial charge in [0.1, 0.15) is 0 Å². The van der Waals surface area contributed by atoms with Gasteiger partial charge in [0, 0.05) is 0 Å². The van der Waals surface area contributed by atoms with E-state index < -0.39 is 5.60 Å². The third-order valence-electron chi connectivity index (χ3n) is 3.44. The lowest BCUT2D eigenvalue weighted by Gasteiger charge is -2.31. The average Bonchev–Trinajstić information content (AvgIpc) is 2.31. The van der Waals surface area contributed by atoms with Crippen molar-refractivity contribution in [1.82, 2.24) is 0 Å². The summed E-state index contributed by atoms with van der Waals surface area (Å²) in [5.74, 6) is -0.635. The van der Waals surface area contributed by atoms with Gasteiger partial charge in [-0.15, -0.1) is 0 Å². The Hall–Kier alpha value is -0.570. The van der Waals surface area contributed by atoms with Gasteiger partial charge in [0.15, 0.2) is 0 Å². The second-order valence-electron chi connectivity index (χ2n) is 5.26. The Morgan fingerprint density at radius 2 is 1.83 bits per heavy atom. The predicted octanol–water partition coefficient (Wildman–Crippen LogP) is 3.69. The van der Waals surface area contributed by atoms with Gasteiger partial charge in [-0.25, -0.2) is 0 Å². The van der Waals surface area contributed by atoms with Crippen molar-refractivity contribution in [2.45, 2.75) is 78.2 Å². The number of carbonyl (C=O) groups is 1. The van der Waals surface area contributed by atoms with E-state index in [1.165, 1.54) is 12.8 Å². The molecule has 0 aromatic heterocycles. The van der Waals surface area contributed by atoms with Gasteiger partial charge in [-0.3, -0.25) is 4.79 Å². The molecule has 0 saturated carbocycles. The minimum absolute atomic E-state index is 0.250. The maximum Gasteiger partial charge on any atom is 0.311 e. The van der Waals surface area contributed by atoms with E-state index in [-0.39, 0.29) is 11.9 Å². The fourth-order valence-electron chi connectivity index (χ4n) is 2.30. The zero-order chi connectivity index (χ0) is 14.0. The number of esters is 1. The summed E-state index contributed by atoms with van der Waals surface area (Å²) in [7, 11) is 0. The normalized spacial score (nSPS) is 16.1. The Balaban J connectivity index is 4.39. The highest BCUT2D eigenvalue weighted by Gasteiger charge is 2.37. The first-order valence-corrected chi connectivity index (χ1v) is 7.38. The van der Waals surface area contributed by atoms with E-state index in [4.69, 9.17) is 4.74 Å². The summed E-state index contributed by atoms with van der Waals surface area (Å²) >= 11 is 0. The van der Waals surface area contributed by atoms with Crippen molar-refractivity contribution in [2.75, 3.05) is 6.61 Å². The molecular formula is C15H30O3. The minimum Gasteiger partial charge on any atom is -0.466 e. The quantitative estimate of drug-likeness (QED) is 0.480. The Kier molecular flexibility index (Phi) is 9.08. The maximum atomic E-state index is 11.9. The molecule has 0 aromatic carbocycles. The monoisotopic (exact) mass is 258 g/mol. The molecule has 2 unspecified atom stereocenters. The SMILES string of the molecule is CCCCCCC(C)(O)C(CCC)C(=O)OCC. The second-order valence-corrected chi connectivity index (χ2v) is 5.26. The first kappa shape index (κ1) is 17.4. The highest BCUT2D eigenvalue weighted by molar-refractivity contribution is 5.73. The van der Waals surface area contributed by atoms with E-state index in [2.05, 4.69) is 6.92 Å². The maximum absolute atomic E-state index is 11.9. The van der Waals surface area contributed by atoms with Crippen LogP contribution in [-0.2, 0) is 9.53 Å². The van der Waals surface area contributed by atoms with Gasteiger partial charge in [0.05, 0.1) is 18.1 Å². The van der Waals surface area contributed by atoms with Crippen LogP contribution in [0.1, 0.15) is 72.6 Å². The number of aliphatic hydroxyl groups is 1. The summed E-state index contributed by atoms with van der Waals surface area (Å²) in [6.45, 7) is 8.15. The summed E-state index contributed by atoms with van der Waals surface area (Å²) < 4.78 is 5.07. The van der Waals surface area contributed by atoms with Gasteiger partial charge in [-0.1, -0.05) is 46.0 Å². The van der Waals surface area contributed by atoms with Crippen molar-refractivity contribution in [2.24, 2.45) is 5.92 Å². The number of hydrogen-bond donors (Lipinski definition) is 1. The summed E-state index contributed by atoms with van der Waals surface area (Å²) in [4.78, 5) is 11.9. The molecule has 2 atom stereocenters. The molecule has 0 rings (SSSR count). The molecular weight excluding hydrogens is 228 g/mol. The molecule has 0 spiro atoms. The van der Waals surface area contributed by atoms with E-state index in [0.29, 0.717) is 19.4 Å². The van der Waals surface area contributed by atoms with Gasteiger partial charge in [0.2, 0.25) is 0 Å². The fourth-order valence-corrected chi connectivity index (χ4v) is 2.30. The van der Waals surface area contributed by atoms with Crippen molar-refractivity contribution >= 4 is 5.97 Å². The fraction of sp³-hybridized carbons (Fsp3) is 0.933. The van der Waals surface area contributed by atoms with Gasteiger partial charge in [0.25, 0.3) is 0 Å². The lowest BCUT2D eigenvalue weighted by molar-refractivity contribution is -0.158. The van der Waals surface area contributed by atoms with Crippen LogP contribution in [-0.4, -0.2) is 23.3 Å². The first-order chi connectivity index (χ1) is 8.49. The largest absolute Gasteiger partial charge is 0.466 e. The Bertz CT molecular complexity index is 224. The molecule has 0 aromatic rings. The van der Waals surface area contributed by atoms with Gasteiger partial charge < -0.3 is 9.84 Å². The second kappa shape index (κ2) is 9.37. The Morgan fingerprint density at radius 1 is 1.17 bits per heavy atom. The summed E-state index contributed by atoms with van der Waals surface area (Å²) in [5.41, 5.74) is -0.935. The van der Waals surface area contributed by atoms with Crippen molar-refractivity contribution < 1.29 is 14.6 Å². The van der Waals surface area contributed by atoms with Crippen LogP contribution in [0.2, 0.25) is 0 Å². The van der Waals surface area contributed by atoms with Gasteiger partial charge in [-0.2, -0.15) is 0 Å². The van der Waals surface area contributed by atoms with Crippen molar-refractivity contribution in [1.29, 1.82) is 0 Å². The molecule has 0 saturated heterocycles. The molecule has 0 radical (unpaired) electrons. The lowest BCUT2D eigenvalue weighted by Crippen LogP contribution is -2.40. The highest BCUT2D eigenvalue weighted by Crippen LogP contribution is 2.29. The van der Waals surface area contributed by atoms with Gasteiger partial charge in [-0.05, 0) is 26.7 Å². The molecule has 1 N–H and O–H groups in total. The molecule has 0 aliphatic heterocycles. The number of unbranched alkanes of at least 4 members (excludes halogenated alkanes) is 3. The summed E-state index contributed by atoms with van der Waals surface area (Å²) in [5, 5.41) is 10.5. The van der Waals surface area contributed by atoms with Crippen LogP contribution < -0.4 is 0 Å². The van der Waals surface area contributed by atoms with Crippen LogP contribution >= 0.6 is 0 Å². The van der Waals surface area contributed by atoms with Crippen LogP contribution in [0.3, 0.4) is 0 Å². The first-order valence-electron chi connectivity index (χ1n) is 7.38. The zero-order valence-corrected chi connectivity index (χ0v) is 12.5. The van der Waals surface area contributed by atoms with E-state index in [1.807, 2.05) is 6.92 Å². The molecule has 0 aliphatic carbocycles. The van der Waals surface area contributed by atoms with E-state index in [1.54, 1.807) is 13.8 Å². The molecule has 18 heavy (non-hydrogen) atoms. The lowest BCUT2D eigenvalue weighted by atomic mass is 9.81. The van der Waals surface area contributed by atoms with E-state index in [9.17, 15) is 9.90 Å². The topological polar surface area (TPSA) is 46.5 Å². The average molecular weight is 258 g/mol. The summed E-state index contributed by atoms with van der Waals surface area (Å²) in [6.07, 6.45) is 6.71. The van der Waals surface area contributed by atoms with E-state index >= 15 is 0 Å².